The Morgan fingerprint density at radius 2 is 2.05 bits per heavy atom. The first-order valence-electron chi connectivity index (χ1n) is 6.36. The van der Waals surface area contributed by atoms with Gasteiger partial charge in [-0.05, 0) is 30.5 Å². The smallest absolute Gasteiger partial charge is 0.339 e. The second-order valence-electron chi connectivity index (χ2n) is 4.37. The van der Waals surface area contributed by atoms with Crippen LogP contribution in [0.5, 0.6) is 0 Å². The Labute approximate surface area is 125 Å². The van der Waals surface area contributed by atoms with Crippen molar-refractivity contribution in [1.29, 1.82) is 0 Å². The van der Waals surface area contributed by atoms with E-state index < -0.39 is 12.1 Å². The largest absolute Gasteiger partial charge is 0.449 e. The van der Waals surface area contributed by atoms with E-state index >= 15 is 0 Å². The Kier molecular flexibility index (Phi) is 3.79. The Morgan fingerprint density at radius 3 is 2.76 bits per heavy atom. The Balaban J connectivity index is 1.73. The first kappa shape index (κ1) is 13.5. The van der Waals surface area contributed by atoms with Crippen LogP contribution in [0.2, 0.25) is 0 Å². The van der Waals surface area contributed by atoms with Gasteiger partial charge in [0.1, 0.15) is 0 Å². The highest BCUT2D eigenvalue weighted by atomic mass is 32.1. The molecule has 0 amide bonds. The van der Waals surface area contributed by atoms with Gasteiger partial charge in [0.05, 0.1) is 5.56 Å². The lowest BCUT2D eigenvalue weighted by Gasteiger charge is -2.07. The summed E-state index contributed by atoms with van der Waals surface area (Å²) in [6, 6.07) is 11.1. The summed E-state index contributed by atoms with van der Waals surface area (Å²) in [6.07, 6.45) is -0.595. The van der Waals surface area contributed by atoms with Gasteiger partial charge >= 0.3 is 5.97 Å². The number of benzene rings is 1. The summed E-state index contributed by atoms with van der Waals surface area (Å²) in [6.45, 7) is 1.70. The van der Waals surface area contributed by atoms with E-state index in [1.54, 1.807) is 18.4 Å². The second-order valence-corrected chi connectivity index (χ2v) is 5.15. The molecule has 0 aliphatic heterocycles. The number of hydrogen-bond acceptors (Lipinski definition) is 6. The molecule has 5 nitrogen and oxygen atoms in total. The predicted molar refractivity (Wildman–Crippen MR) is 77.9 cm³/mol. The number of nitrogens with zero attached hydrogens (tertiary/aromatic N) is 2. The number of esters is 1. The molecule has 0 bridgehead atoms. The van der Waals surface area contributed by atoms with Gasteiger partial charge in [0.25, 0.3) is 5.89 Å². The van der Waals surface area contributed by atoms with Crippen molar-refractivity contribution in [3.8, 4) is 11.5 Å². The molecule has 2 aromatic heterocycles. The molecular formula is C15H12N2O3S. The fourth-order valence-corrected chi connectivity index (χ4v) is 2.38. The van der Waals surface area contributed by atoms with Gasteiger partial charge in [0.15, 0.2) is 6.10 Å². The summed E-state index contributed by atoms with van der Waals surface area (Å²) in [5, 5.41) is 11.5. The van der Waals surface area contributed by atoms with Gasteiger partial charge in [-0.25, -0.2) is 4.79 Å². The monoisotopic (exact) mass is 300 g/mol. The van der Waals surface area contributed by atoms with Gasteiger partial charge in [-0.3, -0.25) is 0 Å². The van der Waals surface area contributed by atoms with Crippen LogP contribution in [0.15, 0.2) is 51.6 Å². The molecule has 0 saturated carbocycles. The van der Waals surface area contributed by atoms with Crippen LogP contribution < -0.4 is 0 Å². The molecule has 0 radical (unpaired) electrons. The van der Waals surface area contributed by atoms with Crippen molar-refractivity contribution < 1.29 is 13.9 Å². The zero-order valence-corrected chi connectivity index (χ0v) is 12.0. The first-order valence-corrected chi connectivity index (χ1v) is 7.30. The van der Waals surface area contributed by atoms with E-state index in [1.807, 2.05) is 35.7 Å². The summed E-state index contributed by atoms with van der Waals surface area (Å²) in [5.74, 6) is 0.282. The van der Waals surface area contributed by atoms with E-state index in [1.165, 1.54) is 11.3 Å². The van der Waals surface area contributed by atoms with Crippen LogP contribution >= 0.6 is 11.3 Å². The molecule has 1 atom stereocenters. The van der Waals surface area contributed by atoms with E-state index in [4.69, 9.17) is 9.15 Å². The number of hydrogen-bond donors (Lipinski definition) is 0. The van der Waals surface area contributed by atoms with Gasteiger partial charge in [0, 0.05) is 10.9 Å². The van der Waals surface area contributed by atoms with Crippen molar-refractivity contribution in [2.24, 2.45) is 0 Å². The molecule has 3 rings (SSSR count). The molecular weight excluding hydrogens is 288 g/mol. The maximum absolute atomic E-state index is 11.9. The normalized spacial score (nSPS) is 12.0. The molecule has 6 heteroatoms. The van der Waals surface area contributed by atoms with Crippen molar-refractivity contribution in [2.45, 2.75) is 13.0 Å². The highest BCUT2D eigenvalue weighted by molar-refractivity contribution is 7.08. The van der Waals surface area contributed by atoms with Crippen molar-refractivity contribution in [3.05, 3.63) is 58.6 Å². The fourth-order valence-electron chi connectivity index (χ4n) is 1.76. The minimum absolute atomic E-state index is 0.275. The van der Waals surface area contributed by atoms with E-state index in [9.17, 15) is 4.79 Å². The highest BCUT2D eigenvalue weighted by Crippen LogP contribution is 2.23. The number of carbonyl (C=O) groups is 1. The summed E-state index contributed by atoms with van der Waals surface area (Å²) < 4.78 is 10.9. The van der Waals surface area contributed by atoms with Crippen LogP contribution in [-0.2, 0) is 4.74 Å². The summed E-state index contributed by atoms with van der Waals surface area (Å²) in [7, 11) is 0. The number of rotatable bonds is 4. The lowest BCUT2D eigenvalue weighted by molar-refractivity contribution is 0.0280. The summed E-state index contributed by atoms with van der Waals surface area (Å²) in [5.41, 5.74) is 1.35. The second kappa shape index (κ2) is 5.88. The molecule has 0 saturated heterocycles. The number of carbonyl (C=O) groups excluding carboxylic acids is 1. The fraction of sp³-hybridized carbons (Fsp3) is 0.133. The van der Waals surface area contributed by atoms with Crippen LogP contribution in [0.4, 0.5) is 0 Å². The molecule has 0 unspecified atom stereocenters. The SMILES string of the molecule is C[C@@H](OC(=O)c1ccsc1)c1nnc(-c2ccccc2)o1. The molecule has 3 aromatic rings. The van der Waals surface area contributed by atoms with Crippen molar-refractivity contribution in [1.82, 2.24) is 10.2 Å². The van der Waals surface area contributed by atoms with Crippen LogP contribution in [-0.4, -0.2) is 16.2 Å². The summed E-state index contributed by atoms with van der Waals surface area (Å²) in [4.78, 5) is 11.9. The number of thiophene rings is 1. The molecule has 21 heavy (non-hydrogen) atoms. The minimum atomic E-state index is -0.595. The van der Waals surface area contributed by atoms with Crippen molar-refractivity contribution in [3.63, 3.8) is 0 Å². The number of aromatic nitrogens is 2. The van der Waals surface area contributed by atoms with Gasteiger partial charge in [-0.2, -0.15) is 11.3 Å². The predicted octanol–water partition coefficient (Wildman–Crippen LogP) is 3.72. The molecule has 0 fully saturated rings. The average Bonchev–Trinajstić information content (AvgIpc) is 3.20. The molecule has 0 aliphatic rings. The first-order chi connectivity index (χ1) is 10.2. The molecule has 0 aliphatic carbocycles. The Morgan fingerprint density at radius 1 is 1.24 bits per heavy atom. The molecule has 0 spiro atoms. The molecule has 1 aromatic carbocycles. The highest BCUT2D eigenvalue weighted by Gasteiger charge is 2.20. The molecule has 0 N–H and O–H groups in total. The third-order valence-electron chi connectivity index (χ3n) is 2.85. The average molecular weight is 300 g/mol. The zero-order chi connectivity index (χ0) is 14.7. The van der Waals surface area contributed by atoms with E-state index in [2.05, 4.69) is 10.2 Å². The van der Waals surface area contributed by atoms with E-state index in [0.29, 0.717) is 11.5 Å². The maximum atomic E-state index is 11.9. The standard InChI is InChI=1S/C15H12N2O3S/c1-10(19-15(18)12-7-8-21-9-12)13-16-17-14(20-13)11-5-3-2-4-6-11/h2-10H,1H3/t10-/m1/s1. The summed E-state index contributed by atoms with van der Waals surface area (Å²) >= 11 is 1.44. The Bertz CT molecular complexity index is 722. The maximum Gasteiger partial charge on any atom is 0.339 e. The lowest BCUT2D eigenvalue weighted by Crippen LogP contribution is -2.08. The van der Waals surface area contributed by atoms with Crippen molar-refractivity contribution >= 4 is 17.3 Å². The van der Waals surface area contributed by atoms with Crippen molar-refractivity contribution in [2.75, 3.05) is 0 Å². The Hall–Kier alpha value is -2.47. The quantitative estimate of drug-likeness (QED) is 0.687. The van der Waals surface area contributed by atoms with Gasteiger partial charge in [-0.15, -0.1) is 10.2 Å². The van der Waals surface area contributed by atoms with E-state index in [-0.39, 0.29) is 5.89 Å². The molecule has 2 heterocycles. The lowest BCUT2D eigenvalue weighted by atomic mass is 10.2. The third-order valence-corrected chi connectivity index (χ3v) is 3.53. The van der Waals surface area contributed by atoms with Gasteiger partial charge in [0.2, 0.25) is 5.89 Å². The topological polar surface area (TPSA) is 65.2 Å². The van der Waals surface area contributed by atoms with Crippen LogP contribution in [0.25, 0.3) is 11.5 Å². The van der Waals surface area contributed by atoms with Gasteiger partial charge < -0.3 is 9.15 Å². The van der Waals surface area contributed by atoms with Crippen LogP contribution in [0, 0.1) is 0 Å². The zero-order valence-electron chi connectivity index (χ0n) is 11.2. The number of ether oxygens (including phenoxy) is 1. The van der Waals surface area contributed by atoms with Gasteiger partial charge in [-0.1, -0.05) is 18.2 Å². The van der Waals surface area contributed by atoms with Crippen LogP contribution in [0.1, 0.15) is 29.3 Å². The molecule has 106 valence electrons. The van der Waals surface area contributed by atoms with Crippen LogP contribution in [0.3, 0.4) is 0 Å². The minimum Gasteiger partial charge on any atom is -0.449 e. The van der Waals surface area contributed by atoms with E-state index in [0.717, 1.165) is 5.56 Å². The third kappa shape index (κ3) is 3.00.